The highest BCUT2D eigenvalue weighted by atomic mass is 16.2. The van der Waals surface area contributed by atoms with E-state index >= 15 is 0 Å². The molecule has 138 valence electrons. The molecule has 0 radical (unpaired) electrons. The van der Waals surface area contributed by atoms with Crippen LogP contribution in [0.4, 0.5) is 0 Å². The van der Waals surface area contributed by atoms with Gasteiger partial charge in [-0.15, -0.1) is 0 Å². The molecule has 0 unspecified atom stereocenters. The summed E-state index contributed by atoms with van der Waals surface area (Å²) in [5, 5.41) is 7.68. The number of carbonyl (C=O) groups excluding carboxylic acids is 1. The normalized spacial score (nSPS) is 26.2. The van der Waals surface area contributed by atoms with Crippen LogP contribution in [0.5, 0.6) is 0 Å². The van der Waals surface area contributed by atoms with Crippen molar-refractivity contribution in [2.24, 2.45) is 0 Å². The first-order valence-corrected chi connectivity index (χ1v) is 9.94. The number of nitrogens with zero attached hydrogens (tertiary/aromatic N) is 4. The molecule has 6 heteroatoms. The number of amides is 1. The molecule has 1 amide bonds. The molecule has 1 aromatic rings. The minimum atomic E-state index is 0.202. The zero-order valence-corrected chi connectivity index (χ0v) is 15.4. The Balaban J connectivity index is 1.22. The zero-order valence-electron chi connectivity index (χ0n) is 15.4. The summed E-state index contributed by atoms with van der Waals surface area (Å²) in [6.45, 7) is 6.83. The number of rotatable bonds is 6. The molecular formula is C19H31N5O. The van der Waals surface area contributed by atoms with Crippen LogP contribution in [0.1, 0.15) is 44.1 Å². The molecule has 3 fully saturated rings. The second kappa shape index (κ2) is 7.46. The van der Waals surface area contributed by atoms with E-state index < -0.39 is 0 Å². The fourth-order valence-corrected chi connectivity index (χ4v) is 4.40. The molecule has 25 heavy (non-hydrogen) atoms. The quantitative estimate of drug-likeness (QED) is 0.847. The molecule has 3 heterocycles. The third-order valence-corrected chi connectivity index (χ3v) is 5.96. The number of likely N-dealkylation sites (tertiary alicyclic amines) is 2. The number of carbonyl (C=O) groups is 1. The van der Waals surface area contributed by atoms with Gasteiger partial charge in [-0.2, -0.15) is 5.10 Å². The van der Waals surface area contributed by atoms with Crippen molar-refractivity contribution in [1.29, 1.82) is 0 Å². The summed E-state index contributed by atoms with van der Waals surface area (Å²) in [5.41, 5.74) is 1.19. The second-order valence-corrected chi connectivity index (χ2v) is 8.12. The predicted molar refractivity (Wildman–Crippen MR) is 97.3 cm³/mol. The molecule has 2 aliphatic heterocycles. The van der Waals surface area contributed by atoms with Gasteiger partial charge in [0.1, 0.15) is 0 Å². The van der Waals surface area contributed by atoms with Gasteiger partial charge in [0.2, 0.25) is 5.91 Å². The van der Waals surface area contributed by atoms with E-state index in [9.17, 15) is 4.79 Å². The minimum Gasteiger partial charge on any atom is -0.352 e. The average molecular weight is 345 g/mol. The summed E-state index contributed by atoms with van der Waals surface area (Å²) in [5.74, 6) is 0.202. The lowest BCUT2D eigenvalue weighted by atomic mass is 10.0. The van der Waals surface area contributed by atoms with Crippen molar-refractivity contribution >= 4 is 5.91 Å². The highest BCUT2D eigenvalue weighted by Gasteiger charge is 2.32. The molecule has 1 N–H and O–H groups in total. The maximum Gasteiger partial charge on any atom is 0.234 e. The molecule has 0 aromatic carbocycles. The van der Waals surface area contributed by atoms with Crippen LogP contribution in [-0.2, 0) is 11.3 Å². The topological polar surface area (TPSA) is 53.4 Å². The van der Waals surface area contributed by atoms with Gasteiger partial charge in [-0.1, -0.05) is 0 Å². The molecule has 4 rings (SSSR count). The van der Waals surface area contributed by atoms with Crippen molar-refractivity contribution in [2.45, 2.75) is 70.1 Å². The lowest BCUT2D eigenvalue weighted by Gasteiger charge is -2.33. The Kier molecular flexibility index (Phi) is 5.08. The molecule has 1 saturated carbocycles. The summed E-state index contributed by atoms with van der Waals surface area (Å²) in [4.78, 5) is 17.4. The molecule has 0 spiro atoms. The van der Waals surface area contributed by atoms with Gasteiger partial charge in [-0.05, 0) is 57.6 Å². The standard InChI is InChI=1S/C19H31N5O/c1-15-11-20-24(12-15)13-18-3-2-8-23(18)14-19(25)21-16-6-9-22(10-7-16)17-4-5-17/h11-12,16-18H,2-10,13-14H2,1H3,(H,21,25)/t18-/m0/s1. The van der Waals surface area contributed by atoms with E-state index in [4.69, 9.17) is 0 Å². The minimum absolute atomic E-state index is 0.202. The van der Waals surface area contributed by atoms with Gasteiger partial charge in [0.15, 0.2) is 0 Å². The smallest absolute Gasteiger partial charge is 0.234 e. The number of hydrogen-bond acceptors (Lipinski definition) is 4. The van der Waals surface area contributed by atoms with Crippen LogP contribution < -0.4 is 5.32 Å². The second-order valence-electron chi connectivity index (χ2n) is 8.12. The third kappa shape index (κ3) is 4.42. The molecule has 1 aromatic heterocycles. The number of aryl methyl sites for hydroxylation is 1. The summed E-state index contributed by atoms with van der Waals surface area (Å²) >= 11 is 0. The van der Waals surface area contributed by atoms with Crippen LogP contribution in [0.3, 0.4) is 0 Å². The molecule has 1 aliphatic carbocycles. The van der Waals surface area contributed by atoms with Gasteiger partial charge in [-0.3, -0.25) is 14.4 Å². The Morgan fingerprint density at radius 3 is 2.68 bits per heavy atom. The fraction of sp³-hybridized carbons (Fsp3) is 0.789. The largest absolute Gasteiger partial charge is 0.352 e. The van der Waals surface area contributed by atoms with Crippen molar-refractivity contribution in [1.82, 2.24) is 24.9 Å². The van der Waals surface area contributed by atoms with Crippen LogP contribution in [0, 0.1) is 6.92 Å². The van der Waals surface area contributed by atoms with Crippen LogP contribution in [0.15, 0.2) is 12.4 Å². The SMILES string of the molecule is Cc1cnn(C[C@@H]2CCCN2CC(=O)NC2CCN(C3CC3)CC2)c1. The van der Waals surface area contributed by atoms with E-state index in [1.807, 2.05) is 10.9 Å². The summed E-state index contributed by atoms with van der Waals surface area (Å²) < 4.78 is 2.02. The first-order valence-electron chi connectivity index (χ1n) is 9.94. The van der Waals surface area contributed by atoms with Crippen LogP contribution >= 0.6 is 0 Å². The van der Waals surface area contributed by atoms with E-state index in [0.717, 1.165) is 51.5 Å². The van der Waals surface area contributed by atoms with E-state index in [-0.39, 0.29) is 5.91 Å². The van der Waals surface area contributed by atoms with Crippen LogP contribution in [0.2, 0.25) is 0 Å². The summed E-state index contributed by atoms with van der Waals surface area (Å²) in [7, 11) is 0. The van der Waals surface area contributed by atoms with Crippen molar-refractivity contribution in [2.75, 3.05) is 26.2 Å². The van der Waals surface area contributed by atoms with Crippen molar-refractivity contribution in [3.8, 4) is 0 Å². The number of piperidine rings is 1. The molecular weight excluding hydrogens is 314 g/mol. The van der Waals surface area contributed by atoms with Crippen LogP contribution in [-0.4, -0.2) is 69.8 Å². The van der Waals surface area contributed by atoms with Gasteiger partial charge in [0.05, 0.1) is 19.3 Å². The van der Waals surface area contributed by atoms with E-state index in [1.165, 1.54) is 24.8 Å². The molecule has 3 aliphatic rings. The highest BCUT2D eigenvalue weighted by Crippen LogP contribution is 2.29. The monoisotopic (exact) mass is 345 g/mol. The van der Waals surface area contributed by atoms with Gasteiger partial charge in [0, 0.05) is 37.4 Å². The summed E-state index contributed by atoms with van der Waals surface area (Å²) in [6.07, 6.45) is 11.3. The predicted octanol–water partition coefficient (Wildman–Crippen LogP) is 1.40. The van der Waals surface area contributed by atoms with Gasteiger partial charge in [0.25, 0.3) is 0 Å². The van der Waals surface area contributed by atoms with E-state index in [0.29, 0.717) is 18.6 Å². The Morgan fingerprint density at radius 2 is 2.00 bits per heavy atom. The van der Waals surface area contributed by atoms with Crippen molar-refractivity contribution < 1.29 is 4.79 Å². The average Bonchev–Trinajstić information content (AvgIpc) is 3.24. The lowest BCUT2D eigenvalue weighted by molar-refractivity contribution is -0.123. The molecule has 6 nitrogen and oxygen atoms in total. The van der Waals surface area contributed by atoms with Crippen LogP contribution in [0.25, 0.3) is 0 Å². The highest BCUT2D eigenvalue weighted by molar-refractivity contribution is 5.78. The lowest BCUT2D eigenvalue weighted by Crippen LogP contribution is -2.48. The summed E-state index contributed by atoms with van der Waals surface area (Å²) in [6, 6.07) is 1.66. The number of aromatic nitrogens is 2. The maximum atomic E-state index is 12.5. The van der Waals surface area contributed by atoms with Crippen molar-refractivity contribution in [3.63, 3.8) is 0 Å². The van der Waals surface area contributed by atoms with E-state index in [2.05, 4.69) is 33.3 Å². The Bertz CT molecular complexity index is 588. The first-order chi connectivity index (χ1) is 12.2. The van der Waals surface area contributed by atoms with Gasteiger partial charge >= 0.3 is 0 Å². The molecule has 2 saturated heterocycles. The van der Waals surface area contributed by atoms with E-state index in [1.54, 1.807) is 0 Å². The van der Waals surface area contributed by atoms with Gasteiger partial charge in [-0.25, -0.2) is 0 Å². The Hall–Kier alpha value is -1.40. The third-order valence-electron chi connectivity index (χ3n) is 5.96. The maximum absolute atomic E-state index is 12.5. The molecule has 0 bridgehead atoms. The van der Waals surface area contributed by atoms with Crippen molar-refractivity contribution in [3.05, 3.63) is 18.0 Å². The molecule has 1 atom stereocenters. The first kappa shape index (κ1) is 17.0. The Labute approximate surface area is 150 Å². The zero-order chi connectivity index (χ0) is 17.2. The van der Waals surface area contributed by atoms with Gasteiger partial charge < -0.3 is 10.2 Å². The number of nitrogens with one attached hydrogen (secondary N) is 1. The fourth-order valence-electron chi connectivity index (χ4n) is 4.40. The Morgan fingerprint density at radius 1 is 1.20 bits per heavy atom. The number of hydrogen-bond donors (Lipinski definition) is 1.